The van der Waals surface area contributed by atoms with E-state index in [-0.39, 0.29) is 43.5 Å². The van der Waals surface area contributed by atoms with E-state index in [1.54, 1.807) is 0 Å². The van der Waals surface area contributed by atoms with E-state index in [2.05, 4.69) is 0 Å². The minimum Gasteiger partial charge on any atom is -0.508 e. The van der Waals surface area contributed by atoms with Crippen LogP contribution < -0.4 is 0 Å². The zero-order chi connectivity index (χ0) is 23.1. The van der Waals surface area contributed by atoms with Crippen molar-refractivity contribution in [2.24, 2.45) is 16.7 Å². The Balaban J connectivity index is 1.75. The first-order valence-corrected chi connectivity index (χ1v) is 10.8. The number of phenolic OH excluding ortho intramolecular Hbond substituents is 1. The summed E-state index contributed by atoms with van der Waals surface area (Å²) in [5.74, 6) is -1.77. The summed E-state index contributed by atoms with van der Waals surface area (Å²) >= 11 is 0. The van der Waals surface area contributed by atoms with Crippen LogP contribution >= 0.6 is 0 Å². The van der Waals surface area contributed by atoms with Crippen LogP contribution in [0, 0.1) is 16.7 Å². The van der Waals surface area contributed by atoms with Crippen molar-refractivity contribution in [3.8, 4) is 5.75 Å². The highest BCUT2D eigenvalue weighted by molar-refractivity contribution is 5.93. The van der Waals surface area contributed by atoms with Crippen molar-refractivity contribution in [2.75, 3.05) is 19.8 Å². The second kappa shape index (κ2) is 8.24. The van der Waals surface area contributed by atoms with Crippen molar-refractivity contribution in [3.05, 3.63) is 41.0 Å². The highest BCUT2D eigenvalue weighted by atomic mass is 16.6. The lowest BCUT2D eigenvalue weighted by molar-refractivity contribution is -0.159. The molecule has 0 spiro atoms. The molecule has 1 aliphatic heterocycles. The molecule has 0 bridgehead atoms. The summed E-state index contributed by atoms with van der Waals surface area (Å²) in [6.07, 6.45) is 1.57. The van der Waals surface area contributed by atoms with Gasteiger partial charge in [0.2, 0.25) is 0 Å². The highest BCUT2D eigenvalue weighted by Gasteiger charge is 2.62. The van der Waals surface area contributed by atoms with Gasteiger partial charge in [-0.15, -0.1) is 0 Å². The molecule has 0 amide bonds. The number of aliphatic hydroxyl groups excluding tert-OH is 1. The summed E-state index contributed by atoms with van der Waals surface area (Å²) in [5, 5.41) is 20.1. The molecular weight excluding hydrogens is 416 g/mol. The number of ether oxygens (including phenoxy) is 3. The fourth-order valence-corrected chi connectivity index (χ4v) is 5.95. The molecule has 2 aliphatic carbocycles. The number of aromatic hydroxyl groups is 1. The van der Waals surface area contributed by atoms with Crippen molar-refractivity contribution in [3.63, 3.8) is 0 Å². The van der Waals surface area contributed by atoms with Gasteiger partial charge in [-0.25, -0.2) is 9.59 Å². The van der Waals surface area contributed by atoms with Gasteiger partial charge in [0.15, 0.2) is 0 Å². The third-order valence-electron chi connectivity index (χ3n) is 7.30. The van der Waals surface area contributed by atoms with E-state index in [0.29, 0.717) is 12.0 Å². The minimum absolute atomic E-state index is 0.0308. The van der Waals surface area contributed by atoms with Gasteiger partial charge >= 0.3 is 17.9 Å². The summed E-state index contributed by atoms with van der Waals surface area (Å²) in [6.45, 7) is 3.34. The zero-order valence-electron chi connectivity index (χ0n) is 18.3. The molecule has 1 heterocycles. The highest BCUT2D eigenvalue weighted by Crippen LogP contribution is 2.61. The molecule has 1 saturated carbocycles. The molecule has 32 heavy (non-hydrogen) atoms. The van der Waals surface area contributed by atoms with Crippen molar-refractivity contribution in [2.45, 2.75) is 45.6 Å². The van der Waals surface area contributed by atoms with Crippen molar-refractivity contribution < 1.29 is 38.8 Å². The fourth-order valence-electron chi connectivity index (χ4n) is 5.95. The van der Waals surface area contributed by atoms with Crippen LogP contribution in [-0.4, -0.2) is 54.0 Å². The van der Waals surface area contributed by atoms with Gasteiger partial charge in [-0.2, -0.15) is 0 Å². The molecule has 1 aromatic rings. The Kier molecular flexibility index (Phi) is 5.75. The molecule has 8 nitrogen and oxygen atoms in total. The average molecular weight is 444 g/mol. The van der Waals surface area contributed by atoms with Crippen LogP contribution in [0.25, 0.3) is 0 Å². The number of rotatable bonds is 5. The minimum atomic E-state index is -0.799. The van der Waals surface area contributed by atoms with Gasteiger partial charge in [0.05, 0.1) is 18.8 Å². The molecule has 1 fully saturated rings. The van der Waals surface area contributed by atoms with Crippen molar-refractivity contribution >= 4 is 17.9 Å². The topological polar surface area (TPSA) is 119 Å². The van der Waals surface area contributed by atoms with E-state index < -0.39 is 34.8 Å². The number of cyclic esters (lactones) is 1. The number of benzene rings is 1. The van der Waals surface area contributed by atoms with Gasteiger partial charge in [0.1, 0.15) is 18.5 Å². The summed E-state index contributed by atoms with van der Waals surface area (Å²) in [6, 6.07) is 5.73. The standard InChI is InChI=1S/C24H28O8/c1-14(26)31-13-23(2)8-3-9-24(12-25)18-11-30-22(29)17(18)10-19(20(23)24)32-21(28)15-4-6-16(27)7-5-15/h4-7,19-20,25,27H,3,8-13H2,1-2H3. The van der Waals surface area contributed by atoms with Crippen LogP contribution in [0.4, 0.5) is 0 Å². The van der Waals surface area contributed by atoms with Gasteiger partial charge in [-0.3, -0.25) is 4.79 Å². The first-order chi connectivity index (χ1) is 15.2. The van der Waals surface area contributed by atoms with Crippen molar-refractivity contribution in [1.82, 2.24) is 0 Å². The molecule has 0 saturated heterocycles. The number of aliphatic hydroxyl groups is 1. The van der Waals surface area contributed by atoms with Crippen LogP contribution in [0.1, 0.15) is 49.9 Å². The quantitative estimate of drug-likeness (QED) is 0.525. The van der Waals surface area contributed by atoms with Crippen LogP contribution in [0.2, 0.25) is 0 Å². The second-order valence-corrected chi connectivity index (χ2v) is 9.31. The van der Waals surface area contributed by atoms with E-state index in [1.807, 2.05) is 6.92 Å². The summed E-state index contributed by atoms with van der Waals surface area (Å²) < 4.78 is 16.7. The van der Waals surface area contributed by atoms with Crippen LogP contribution in [0.15, 0.2) is 35.4 Å². The average Bonchev–Trinajstić information content (AvgIpc) is 3.14. The first kappa shape index (κ1) is 22.3. The Morgan fingerprint density at radius 2 is 1.94 bits per heavy atom. The Hall–Kier alpha value is -2.87. The fraction of sp³-hybridized carbons (Fsp3) is 0.542. The summed E-state index contributed by atoms with van der Waals surface area (Å²) in [5.41, 5.74) is 0.142. The number of hydrogen-bond donors (Lipinski definition) is 2. The van der Waals surface area contributed by atoms with E-state index in [0.717, 1.165) is 18.4 Å². The maximum Gasteiger partial charge on any atom is 0.338 e. The number of carbonyl (C=O) groups is 3. The molecule has 8 heteroatoms. The van der Waals surface area contributed by atoms with E-state index in [4.69, 9.17) is 14.2 Å². The van der Waals surface area contributed by atoms with E-state index in [1.165, 1.54) is 31.2 Å². The maximum atomic E-state index is 13.0. The third kappa shape index (κ3) is 3.66. The summed E-state index contributed by atoms with van der Waals surface area (Å²) in [7, 11) is 0. The monoisotopic (exact) mass is 444 g/mol. The molecule has 0 aromatic heterocycles. The van der Waals surface area contributed by atoms with Crippen LogP contribution in [0.5, 0.6) is 5.75 Å². The third-order valence-corrected chi connectivity index (χ3v) is 7.30. The molecule has 0 radical (unpaired) electrons. The smallest absolute Gasteiger partial charge is 0.338 e. The molecule has 172 valence electrons. The van der Waals surface area contributed by atoms with Crippen LogP contribution in [-0.2, 0) is 23.8 Å². The van der Waals surface area contributed by atoms with Gasteiger partial charge in [-0.1, -0.05) is 13.3 Å². The lowest BCUT2D eigenvalue weighted by atomic mass is 9.48. The number of carbonyl (C=O) groups excluding carboxylic acids is 3. The number of phenols is 1. The normalized spacial score (nSPS) is 31.4. The molecule has 4 atom stereocenters. The molecule has 4 rings (SSSR count). The Labute approximate surface area is 186 Å². The largest absolute Gasteiger partial charge is 0.508 e. The zero-order valence-corrected chi connectivity index (χ0v) is 18.3. The second-order valence-electron chi connectivity index (χ2n) is 9.31. The van der Waals surface area contributed by atoms with Gasteiger partial charge in [0.25, 0.3) is 0 Å². The predicted molar refractivity (Wildman–Crippen MR) is 112 cm³/mol. The SMILES string of the molecule is CC(=O)OCC1(C)CCCC2(CO)C3=C(CC(OC(=O)c4ccc(O)cc4)C12)C(=O)OC3. The predicted octanol–water partition coefficient (Wildman–Crippen LogP) is 2.52. The Morgan fingerprint density at radius 1 is 1.22 bits per heavy atom. The number of esters is 3. The molecule has 4 unspecified atom stereocenters. The molecule has 1 aromatic carbocycles. The van der Waals surface area contributed by atoms with Gasteiger partial charge < -0.3 is 24.4 Å². The Morgan fingerprint density at radius 3 is 2.59 bits per heavy atom. The number of fused-ring (bicyclic) bond motifs is 2. The maximum absolute atomic E-state index is 13.0. The van der Waals surface area contributed by atoms with Gasteiger partial charge in [-0.05, 0) is 42.7 Å². The molecule has 2 N–H and O–H groups in total. The van der Waals surface area contributed by atoms with E-state index in [9.17, 15) is 24.6 Å². The lowest BCUT2D eigenvalue weighted by Crippen LogP contribution is -2.58. The Bertz CT molecular complexity index is 965. The van der Waals surface area contributed by atoms with E-state index >= 15 is 0 Å². The van der Waals surface area contributed by atoms with Crippen LogP contribution in [0.3, 0.4) is 0 Å². The number of hydrogen-bond acceptors (Lipinski definition) is 8. The molecular formula is C24H28O8. The summed E-state index contributed by atoms with van der Waals surface area (Å²) in [4.78, 5) is 37.0. The molecule has 3 aliphatic rings. The lowest BCUT2D eigenvalue weighted by Gasteiger charge is -2.57. The van der Waals surface area contributed by atoms with Crippen molar-refractivity contribution in [1.29, 1.82) is 0 Å². The first-order valence-electron chi connectivity index (χ1n) is 10.8. The van der Waals surface area contributed by atoms with Gasteiger partial charge in [0, 0.05) is 35.7 Å².